The summed E-state index contributed by atoms with van der Waals surface area (Å²) in [5, 5.41) is 7.21. The van der Waals surface area contributed by atoms with Gasteiger partial charge in [-0.3, -0.25) is 14.7 Å². The number of anilines is 1. The molecule has 7 heteroatoms. The predicted molar refractivity (Wildman–Crippen MR) is 100 cm³/mol. The van der Waals surface area contributed by atoms with Crippen LogP contribution in [0.1, 0.15) is 16.8 Å². The Labute approximate surface area is 152 Å². The molecule has 0 unspecified atom stereocenters. The van der Waals surface area contributed by atoms with Crippen LogP contribution in [-0.4, -0.2) is 30.1 Å². The Morgan fingerprint density at radius 1 is 1.04 bits per heavy atom. The van der Waals surface area contributed by atoms with Crippen molar-refractivity contribution in [3.63, 3.8) is 0 Å². The molecule has 0 saturated carbocycles. The summed E-state index contributed by atoms with van der Waals surface area (Å²) >= 11 is 0. The van der Waals surface area contributed by atoms with Gasteiger partial charge in [0.05, 0.1) is 10.6 Å². The van der Waals surface area contributed by atoms with Gasteiger partial charge in [0.25, 0.3) is 10.0 Å². The first kappa shape index (κ1) is 16.8. The molecule has 2 heterocycles. The molecule has 1 aliphatic rings. The van der Waals surface area contributed by atoms with E-state index in [-0.39, 0.29) is 4.90 Å². The van der Waals surface area contributed by atoms with E-state index in [2.05, 4.69) is 32.0 Å². The van der Waals surface area contributed by atoms with Gasteiger partial charge >= 0.3 is 0 Å². The number of aromatic nitrogens is 2. The Morgan fingerprint density at radius 2 is 1.73 bits per heavy atom. The Balaban J connectivity index is 1.49. The van der Waals surface area contributed by atoms with Crippen LogP contribution in [0, 0.1) is 0 Å². The Hall–Kier alpha value is -2.64. The lowest BCUT2D eigenvalue weighted by atomic mass is 10.1. The first-order valence-corrected chi connectivity index (χ1v) is 10.0. The third-order valence-electron chi connectivity index (χ3n) is 4.55. The van der Waals surface area contributed by atoms with Gasteiger partial charge in [-0.05, 0) is 24.1 Å². The van der Waals surface area contributed by atoms with Gasteiger partial charge in [0, 0.05) is 25.2 Å². The fourth-order valence-corrected chi connectivity index (χ4v) is 4.28. The van der Waals surface area contributed by atoms with Crippen LogP contribution >= 0.6 is 0 Å². The van der Waals surface area contributed by atoms with E-state index in [1.54, 1.807) is 30.3 Å². The monoisotopic (exact) mass is 368 g/mol. The fourth-order valence-electron chi connectivity index (χ4n) is 3.22. The van der Waals surface area contributed by atoms with E-state index in [9.17, 15) is 8.42 Å². The molecule has 4 rings (SSSR count). The van der Waals surface area contributed by atoms with Crippen molar-refractivity contribution in [3.05, 3.63) is 77.5 Å². The highest BCUT2D eigenvalue weighted by molar-refractivity contribution is 7.92. The number of nitrogens with zero attached hydrogens (tertiary/aromatic N) is 2. The maximum absolute atomic E-state index is 12.5. The zero-order valence-electron chi connectivity index (χ0n) is 14.2. The number of hydrogen-bond donors (Lipinski definition) is 2. The molecule has 6 nitrogen and oxygen atoms in total. The number of rotatable bonds is 5. The minimum Gasteiger partial charge on any atom is -0.293 e. The second-order valence-electron chi connectivity index (χ2n) is 6.39. The van der Waals surface area contributed by atoms with Crippen LogP contribution < -0.4 is 4.72 Å². The number of fused-ring (bicyclic) bond motifs is 1. The highest BCUT2D eigenvalue weighted by atomic mass is 32.2. The van der Waals surface area contributed by atoms with Crippen LogP contribution in [0.3, 0.4) is 0 Å². The van der Waals surface area contributed by atoms with E-state index in [0.717, 1.165) is 37.3 Å². The largest absolute Gasteiger partial charge is 0.293 e. The van der Waals surface area contributed by atoms with E-state index >= 15 is 0 Å². The van der Waals surface area contributed by atoms with Crippen molar-refractivity contribution in [2.45, 2.75) is 24.4 Å². The smallest absolute Gasteiger partial charge is 0.263 e. The summed E-state index contributed by atoms with van der Waals surface area (Å²) in [6, 6.07) is 18.7. The Morgan fingerprint density at radius 3 is 2.46 bits per heavy atom. The minimum absolute atomic E-state index is 0.235. The highest BCUT2D eigenvalue weighted by Crippen LogP contribution is 2.26. The van der Waals surface area contributed by atoms with Gasteiger partial charge in [0.15, 0.2) is 5.82 Å². The normalized spacial score (nSPS) is 14.8. The molecule has 1 aliphatic heterocycles. The average Bonchev–Trinajstić information content (AvgIpc) is 3.05. The van der Waals surface area contributed by atoms with Gasteiger partial charge in [-0.25, -0.2) is 8.42 Å². The van der Waals surface area contributed by atoms with Gasteiger partial charge in [0.1, 0.15) is 0 Å². The van der Waals surface area contributed by atoms with E-state index in [0.29, 0.717) is 5.82 Å². The van der Waals surface area contributed by atoms with Gasteiger partial charge in [-0.15, -0.1) is 0 Å². The first-order valence-electron chi connectivity index (χ1n) is 8.52. The Kier molecular flexibility index (Phi) is 4.48. The molecule has 2 N–H and O–H groups in total. The molecule has 0 amide bonds. The summed E-state index contributed by atoms with van der Waals surface area (Å²) in [4.78, 5) is 2.56. The highest BCUT2D eigenvalue weighted by Gasteiger charge is 2.24. The molecular weight excluding hydrogens is 348 g/mol. The Bertz CT molecular complexity index is 985. The second kappa shape index (κ2) is 6.93. The van der Waals surface area contributed by atoms with E-state index in [1.165, 1.54) is 5.56 Å². The van der Waals surface area contributed by atoms with Crippen LogP contribution in [-0.2, 0) is 29.5 Å². The molecule has 0 radical (unpaired) electrons. The zero-order chi connectivity index (χ0) is 18.0. The van der Waals surface area contributed by atoms with Gasteiger partial charge in [0.2, 0.25) is 0 Å². The lowest BCUT2D eigenvalue weighted by molar-refractivity contribution is 0.242. The SMILES string of the molecule is O=S(=O)(Nc1n[nH]c2c1CCN(Cc1ccccc1)C2)c1ccccc1. The molecule has 0 fully saturated rings. The third-order valence-corrected chi connectivity index (χ3v) is 5.90. The topological polar surface area (TPSA) is 78.1 Å². The maximum Gasteiger partial charge on any atom is 0.263 e. The van der Waals surface area contributed by atoms with Crippen LogP contribution in [0.5, 0.6) is 0 Å². The molecule has 2 aromatic carbocycles. The van der Waals surface area contributed by atoms with E-state index < -0.39 is 10.0 Å². The summed E-state index contributed by atoms with van der Waals surface area (Å²) in [5.41, 5.74) is 3.19. The second-order valence-corrected chi connectivity index (χ2v) is 8.08. The van der Waals surface area contributed by atoms with E-state index in [1.807, 2.05) is 18.2 Å². The lowest BCUT2D eigenvalue weighted by Gasteiger charge is -2.26. The summed E-state index contributed by atoms with van der Waals surface area (Å²) in [6.45, 7) is 2.45. The molecule has 0 spiro atoms. The van der Waals surface area contributed by atoms with Crippen LogP contribution in [0.25, 0.3) is 0 Å². The molecule has 0 saturated heterocycles. The van der Waals surface area contributed by atoms with E-state index in [4.69, 9.17) is 0 Å². The average molecular weight is 368 g/mol. The molecule has 1 aromatic heterocycles. The number of benzene rings is 2. The molecule has 134 valence electrons. The van der Waals surface area contributed by atoms with Crippen LogP contribution in [0.4, 0.5) is 5.82 Å². The molecular formula is C19H20N4O2S. The standard InChI is InChI=1S/C19H20N4O2S/c24-26(25,16-9-5-2-6-10-16)22-19-17-11-12-23(14-18(17)20-21-19)13-15-7-3-1-4-8-15/h1-10H,11-14H2,(H2,20,21,22). The van der Waals surface area contributed by atoms with Crippen molar-refractivity contribution in [1.29, 1.82) is 0 Å². The van der Waals surface area contributed by atoms with Crippen molar-refractivity contribution >= 4 is 15.8 Å². The van der Waals surface area contributed by atoms with Crippen molar-refractivity contribution < 1.29 is 8.42 Å². The quantitative estimate of drug-likeness (QED) is 0.726. The molecule has 3 aromatic rings. The first-order chi connectivity index (χ1) is 12.6. The molecule has 0 aliphatic carbocycles. The molecule has 0 bridgehead atoms. The zero-order valence-corrected chi connectivity index (χ0v) is 15.0. The number of sulfonamides is 1. The van der Waals surface area contributed by atoms with Crippen molar-refractivity contribution in [2.24, 2.45) is 0 Å². The molecule has 26 heavy (non-hydrogen) atoms. The van der Waals surface area contributed by atoms with Gasteiger partial charge in [-0.2, -0.15) is 5.10 Å². The number of aromatic amines is 1. The summed E-state index contributed by atoms with van der Waals surface area (Å²) < 4.78 is 27.6. The minimum atomic E-state index is -3.62. The van der Waals surface area contributed by atoms with Crippen LogP contribution in [0.2, 0.25) is 0 Å². The molecule has 0 atom stereocenters. The van der Waals surface area contributed by atoms with Gasteiger partial charge in [-0.1, -0.05) is 48.5 Å². The fraction of sp³-hybridized carbons (Fsp3) is 0.211. The summed E-state index contributed by atoms with van der Waals surface area (Å²) in [5.74, 6) is 0.406. The summed E-state index contributed by atoms with van der Waals surface area (Å²) in [7, 11) is -3.62. The third kappa shape index (κ3) is 3.49. The van der Waals surface area contributed by atoms with Crippen molar-refractivity contribution in [3.8, 4) is 0 Å². The summed E-state index contributed by atoms with van der Waals surface area (Å²) in [6.07, 6.45) is 0.755. The number of hydrogen-bond acceptors (Lipinski definition) is 4. The predicted octanol–water partition coefficient (Wildman–Crippen LogP) is 2.77. The number of nitrogens with one attached hydrogen (secondary N) is 2. The number of H-pyrrole nitrogens is 1. The van der Waals surface area contributed by atoms with Gasteiger partial charge < -0.3 is 0 Å². The maximum atomic E-state index is 12.5. The lowest BCUT2D eigenvalue weighted by Crippen LogP contribution is -2.30. The van der Waals surface area contributed by atoms with Crippen LogP contribution in [0.15, 0.2) is 65.6 Å². The van der Waals surface area contributed by atoms with Crippen molar-refractivity contribution in [2.75, 3.05) is 11.3 Å². The van der Waals surface area contributed by atoms with Crippen molar-refractivity contribution in [1.82, 2.24) is 15.1 Å².